The summed E-state index contributed by atoms with van der Waals surface area (Å²) in [5.74, 6) is -0.0253. The summed E-state index contributed by atoms with van der Waals surface area (Å²) in [4.78, 5) is 23.4. The Morgan fingerprint density at radius 3 is 2.92 bits per heavy atom. The standard InChI is InChI=1S/C7H12N2O3/c1-5-8-6(10)3-4-9(5)7(11)12-2/h5H,3-4H2,1-2H3,(H,8,10). The molecule has 12 heavy (non-hydrogen) atoms. The zero-order chi connectivity index (χ0) is 9.14. The van der Waals surface area contributed by atoms with Gasteiger partial charge in [0.25, 0.3) is 0 Å². The molecule has 0 aromatic rings. The van der Waals surface area contributed by atoms with Crippen molar-refractivity contribution in [3.8, 4) is 0 Å². The van der Waals surface area contributed by atoms with E-state index in [0.717, 1.165) is 0 Å². The Morgan fingerprint density at radius 2 is 2.42 bits per heavy atom. The predicted octanol–water partition coefficient (Wildman–Crippen LogP) is -0.0793. The number of hydrogen-bond donors (Lipinski definition) is 1. The summed E-state index contributed by atoms with van der Waals surface area (Å²) in [6.07, 6.45) is -0.319. The van der Waals surface area contributed by atoms with Crippen molar-refractivity contribution in [2.24, 2.45) is 0 Å². The van der Waals surface area contributed by atoms with E-state index in [1.165, 1.54) is 12.0 Å². The number of nitrogens with zero attached hydrogens (tertiary/aromatic N) is 1. The van der Waals surface area contributed by atoms with Crippen molar-refractivity contribution < 1.29 is 14.3 Å². The number of nitrogens with one attached hydrogen (secondary N) is 1. The van der Waals surface area contributed by atoms with Crippen LogP contribution < -0.4 is 5.32 Å². The molecule has 0 bridgehead atoms. The van der Waals surface area contributed by atoms with Gasteiger partial charge in [-0.25, -0.2) is 4.79 Å². The highest BCUT2D eigenvalue weighted by Crippen LogP contribution is 2.05. The van der Waals surface area contributed by atoms with Gasteiger partial charge in [0.1, 0.15) is 6.17 Å². The lowest BCUT2D eigenvalue weighted by molar-refractivity contribution is -0.125. The first-order chi connectivity index (χ1) is 5.65. The van der Waals surface area contributed by atoms with E-state index in [1.54, 1.807) is 6.92 Å². The average Bonchev–Trinajstić information content (AvgIpc) is 2.03. The molecule has 0 spiro atoms. The van der Waals surface area contributed by atoms with Gasteiger partial charge in [0.05, 0.1) is 7.11 Å². The lowest BCUT2D eigenvalue weighted by Gasteiger charge is -2.32. The second-order valence-corrected chi connectivity index (χ2v) is 2.66. The molecule has 5 heteroatoms. The highest BCUT2D eigenvalue weighted by molar-refractivity contribution is 5.79. The van der Waals surface area contributed by atoms with Crippen molar-refractivity contribution in [1.82, 2.24) is 10.2 Å². The second kappa shape index (κ2) is 3.42. The van der Waals surface area contributed by atoms with E-state index in [4.69, 9.17) is 0 Å². The van der Waals surface area contributed by atoms with Crippen LogP contribution in [0.3, 0.4) is 0 Å². The summed E-state index contributed by atoms with van der Waals surface area (Å²) in [6, 6.07) is 0. The van der Waals surface area contributed by atoms with Crippen LogP contribution in [0.5, 0.6) is 0 Å². The van der Waals surface area contributed by atoms with E-state index in [0.29, 0.717) is 13.0 Å². The molecular weight excluding hydrogens is 160 g/mol. The van der Waals surface area contributed by atoms with Crippen LogP contribution in [-0.4, -0.2) is 36.7 Å². The van der Waals surface area contributed by atoms with Gasteiger partial charge < -0.3 is 10.1 Å². The van der Waals surface area contributed by atoms with Gasteiger partial charge in [-0.1, -0.05) is 0 Å². The molecule has 1 aliphatic rings. The molecule has 68 valence electrons. The van der Waals surface area contributed by atoms with Gasteiger partial charge in [-0.15, -0.1) is 0 Å². The molecule has 0 aromatic heterocycles. The van der Waals surface area contributed by atoms with Gasteiger partial charge >= 0.3 is 6.09 Å². The second-order valence-electron chi connectivity index (χ2n) is 2.66. The van der Waals surface area contributed by atoms with Crippen LogP contribution in [0.25, 0.3) is 0 Å². The Bertz CT molecular complexity index is 205. The molecule has 1 aliphatic heterocycles. The summed E-state index contributed by atoms with van der Waals surface area (Å²) in [6.45, 7) is 2.17. The predicted molar refractivity (Wildman–Crippen MR) is 41.3 cm³/mol. The Labute approximate surface area is 70.7 Å². The first-order valence-corrected chi connectivity index (χ1v) is 3.79. The average molecular weight is 172 g/mol. The number of rotatable bonds is 0. The van der Waals surface area contributed by atoms with Crippen molar-refractivity contribution in [2.45, 2.75) is 19.5 Å². The minimum atomic E-state index is -0.400. The molecule has 2 amide bonds. The SMILES string of the molecule is COC(=O)N1CCC(=O)NC1C. The molecule has 0 radical (unpaired) electrons. The molecular formula is C7H12N2O3. The van der Waals surface area contributed by atoms with Gasteiger partial charge in [0.15, 0.2) is 0 Å². The zero-order valence-electron chi connectivity index (χ0n) is 7.16. The number of carbonyl (C=O) groups is 2. The van der Waals surface area contributed by atoms with Crippen LogP contribution >= 0.6 is 0 Å². The molecule has 1 unspecified atom stereocenters. The summed E-state index contributed by atoms with van der Waals surface area (Å²) in [5, 5.41) is 2.63. The molecule has 1 heterocycles. The van der Waals surface area contributed by atoms with Gasteiger partial charge in [-0.3, -0.25) is 9.69 Å². The van der Waals surface area contributed by atoms with E-state index in [1.807, 2.05) is 0 Å². The fourth-order valence-corrected chi connectivity index (χ4v) is 1.17. The number of amides is 2. The minimum absolute atomic E-state index is 0.0253. The topological polar surface area (TPSA) is 58.6 Å². The minimum Gasteiger partial charge on any atom is -0.453 e. The summed E-state index contributed by atoms with van der Waals surface area (Å²) < 4.78 is 4.53. The van der Waals surface area contributed by atoms with E-state index in [9.17, 15) is 9.59 Å². The molecule has 0 aromatic carbocycles. The quantitative estimate of drug-likeness (QED) is 0.556. The van der Waals surface area contributed by atoms with Crippen molar-refractivity contribution in [3.05, 3.63) is 0 Å². The first kappa shape index (κ1) is 8.83. The smallest absolute Gasteiger partial charge is 0.411 e. The monoisotopic (exact) mass is 172 g/mol. The molecule has 1 rings (SSSR count). The third kappa shape index (κ3) is 1.66. The van der Waals surface area contributed by atoms with E-state index in [2.05, 4.69) is 10.1 Å². The van der Waals surface area contributed by atoms with Crippen molar-refractivity contribution >= 4 is 12.0 Å². The van der Waals surface area contributed by atoms with Crippen LogP contribution in [0.15, 0.2) is 0 Å². The lowest BCUT2D eigenvalue weighted by Crippen LogP contribution is -2.54. The van der Waals surface area contributed by atoms with Crippen molar-refractivity contribution in [3.63, 3.8) is 0 Å². The Balaban J connectivity index is 2.56. The Kier molecular flexibility index (Phi) is 2.52. The maximum absolute atomic E-state index is 11.0. The molecule has 1 atom stereocenters. The number of hydrogen-bond acceptors (Lipinski definition) is 3. The van der Waals surface area contributed by atoms with Crippen LogP contribution in [0.2, 0.25) is 0 Å². The van der Waals surface area contributed by atoms with Gasteiger partial charge in [0.2, 0.25) is 5.91 Å². The van der Waals surface area contributed by atoms with Gasteiger partial charge in [-0.05, 0) is 6.92 Å². The summed E-state index contributed by atoms with van der Waals surface area (Å²) in [5.41, 5.74) is 0. The number of carbonyl (C=O) groups excluding carboxylic acids is 2. The Hall–Kier alpha value is -1.26. The fraction of sp³-hybridized carbons (Fsp3) is 0.714. The van der Waals surface area contributed by atoms with Gasteiger partial charge in [-0.2, -0.15) is 0 Å². The largest absolute Gasteiger partial charge is 0.453 e. The van der Waals surface area contributed by atoms with Crippen LogP contribution in [0, 0.1) is 0 Å². The lowest BCUT2D eigenvalue weighted by atomic mass is 10.2. The molecule has 0 aliphatic carbocycles. The van der Waals surface area contributed by atoms with Crippen molar-refractivity contribution in [2.75, 3.05) is 13.7 Å². The zero-order valence-corrected chi connectivity index (χ0v) is 7.16. The van der Waals surface area contributed by atoms with E-state index in [-0.39, 0.29) is 12.1 Å². The normalized spacial score (nSPS) is 23.3. The fourth-order valence-electron chi connectivity index (χ4n) is 1.17. The van der Waals surface area contributed by atoms with E-state index >= 15 is 0 Å². The highest BCUT2D eigenvalue weighted by Gasteiger charge is 2.26. The molecule has 0 saturated carbocycles. The molecule has 1 saturated heterocycles. The third-order valence-electron chi connectivity index (χ3n) is 1.83. The summed E-state index contributed by atoms with van der Waals surface area (Å²) in [7, 11) is 1.32. The number of ether oxygens (including phenoxy) is 1. The van der Waals surface area contributed by atoms with Crippen LogP contribution in [0.1, 0.15) is 13.3 Å². The molecule has 5 nitrogen and oxygen atoms in total. The Morgan fingerprint density at radius 1 is 1.75 bits per heavy atom. The first-order valence-electron chi connectivity index (χ1n) is 3.79. The number of methoxy groups -OCH3 is 1. The van der Waals surface area contributed by atoms with E-state index < -0.39 is 6.09 Å². The molecule has 1 fully saturated rings. The maximum Gasteiger partial charge on any atom is 0.411 e. The highest BCUT2D eigenvalue weighted by atomic mass is 16.5. The van der Waals surface area contributed by atoms with Crippen LogP contribution in [0.4, 0.5) is 4.79 Å². The van der Waals surface area contributed by atoms with Gasteiger partial charge in [0, 0.05) is 13.0 Å². The third-order valence-corrected chi connectivity index (χ3v) is 1.83. The molecule has 1 N–H and O–H groups in total. The van der Waals surface area contributed by atoms with Crippen LogP contribution in [-0.2, 0) is 9.53 Å². The maximum atomic E-state index is 11.0. The van der Waals surface area contributed by atoms with Crippen molar-refractivity contribution in [1.29, 1.82) is 0 Å². The summed E-state index contributed by atoms with van der Waals surface area (Å²) >= 11 is 0.